The Bertz CT molecular complexity index is 424. The van der Waals surface area contributed by atoms with Crippen LogP contribution in [0.2, 0.25) is 0 Å². The standard InChI is InChI=1S/C14H18ClF3O3/c1-19-7-8-20-5-2-6-21-13-4-3-11(10-15)9-12(13)14(16,17)18/h3-4,9H,2,5-8,10H2,1H3. The van der Waals surface area contributed by atoms with Gasteiger partial charge in [-0.3, -0.25) is 0 Å². The Labute approximate surface area is 126 Å². The van der Waals surface area contributed by atoms with Gasteiger partial charge < -0.3 is 14.2 Å². The molecule has 0 heterocycles. The zero-order valence-corrected chi connectivity index (χ0v) is 12.5. The van der Waals surface area contributed by atoms with Crippen molar-refractivity contribution in [3.05, 3.63) is 29.3 Å². The van der Waals surface area contributed by atoms with E-state index in [0.717, 1.165) is 6.07 Å². The highest BCUT2D eigenvalue weighted by molar-refractivity contribution is 6.17. The van der Waals surface area contributed by atoms with E-state index < -0.39 is 11.7 Å². The molecular formula is C14H18ClF3O3. The molecule has 1 aromatic carbocycles. The van der Waals surface area contributed by atoms with E-state index in [-0.39, 0.29) is 18.2 Å². The van der Waals surface area contributed by atoms with Crippen LogP contribution in [0.4, 0.5) is 13.2 Å². The Morgan fingerprint density at radius 3 is 2.48 bits per heavy atom. The average molecular weight is 327 g/mol. The number of alkyl halides is 4. The highest BCUT2D eigenvalue weighted by atomic mass is 35.5. The van der Waals surface area contributed by atoms with Crippen LogP contribution in [0, 0.1) is 0 Å². The van der Waals surface area contributed by atoms with E-state index in [1.807, 2.05) is 0 Å². The zero-order chi connectivity index (χ0) is 15.7. The molecule has 0 saturated heterocycles. The summed E-state index contributed by atoms with van der Waals surface area (Å²) in [5.74, 6) is -0.162. The van der Waals surface area contributed by atoms with Crippen LogP contribution >= 0.6 is 11.6 Å². The van der Waals surface area contributed by atoms with Crippen LogP contribution in [0.5, 0.6) is 5.75 Å². The average Bonchev–Trinajstić information content (AvgIpc) is 2.45. The molecule has 7 heteroatoms. The Balaban J connectivity index is 2.51. The summed E-state index contributed by atoms with van der Waals surface area (Å²) in [6.45, 7) is 1.49. The molecule has 1 aromatic rings. The van der Waals surface area contributed by atoms with Gasteiger partial charge in [-0.25, -0.2) is 0 Å². The summed E-state index contributed by atoms with van der Waals surface area (Å²) >= 11 is 5.55. The lowest BCUT2D eigenvalue weighted by Crippen LogP contribution is -2.11. The van der Waals surface area contributed by atoms with Crippen molar-refractivity contribution in [3.8, 4) is 5.75 Å². The summed E-state index contributed by atoms with van der Waals surface area (Å²) in [6.07, 6.45) is -3.97. The Kier molecular flexibility index (Phi) is 7.85. The van der Waals surface area contributed by atoms with Crippen molar-refractivity contribution in [3.63, 3.8) is 0 Å². The first-order valence-electron chi connectivity index (χ1n) is 6.44. The predicted octanol–water partition coefficient (Wildman–Crippen LogP) is 3.88. The maximum atomic E-state index is 12.9. The summed E-state index contributed by atoms with van der Waals surface area (Å²) in [6, 6.07) is 3.83. The third-order valence-electron chi connectivity index (χ3n) is 2.63. The molecule has 3 nitrogen and oxygen atoms in total. The van der Waals surface area contributed by atoms with E-state index in [1.54, 1.807) is 7.11 Å². The molecular weight excluding hydrogens is 309 g/mol. The van der Waals surface area contributed by atoms with Crippen molar-refractivity contribution in [2.45, 2.75) is 18.5 Å². The number of hydrogen-bond acceptors (Lipinski definition) is 3. The summed E-state index contributed by atoms with van der Waals surface area (Å²) in [5, 5.41) is 0. The summed E-state index contributed by atoms with van der Waals surface area (Å²) in [4.78, 5) is 0. The van der Waals surface area contributed by atoms with Crippen molar-refractivity contribution in [1.29, 1.82) is 0 Å². The van der Waals surface area contributed by atoms with E-state index in [1.165, 1.54) is 12.1 Å². The van der Waals surface area contributed by atoms with E-state index >= 15 is 0 Å². The third-order valence-corrected chi connectivity index (χ3v) is 2.93. The fourth-order valence-corrected chi connectivity index (χ4v) is 1.76. The van der Waals surface area contributed by atoms with Crippen LogP contribution in [0.1, 0.15) is 17.5 Å². The minimum absolute atomic E-state index is 0.0245. The Morgan fingerprint density at radius 2 is 1.86 bits per heavy atom. The van der Waals surface area contributed by atoms with Gasteiger partial charge in [-0.1, -0.05) is 6.07 Å². The normalized spacial score (nSPS) is 11.7. The van der Waals surface area contributed by atoms with Crippen molar-refractivity contribution < 1.29 is 27.4 Å². The second-order valence-corrected chi connectivity index (χ2v) is 4.54. The van der Waals surface area contributed by atoms with Gasteiger partial charge in [0.2, 0.25) is 0 Å². The topological polar surface area (TPSA) is 27.7 Å². The molecule has 0 amide bonds. The molecule has 0 N–H and O–H groups in total. The number of halogens is 4. The number of benzene rings is 1. The van der Waals surface area contributed by atoms with Gasteiger partial charge in [0.05, 0.1) is 25.4 Å². The molecule has 0 aliphatic carbocycles. The SMILES string of the molecule is COCCOCCCOc1ccc(CCl)cc1C(F)(F)F. The van der Waals surface area contributed by atoms with Gasteiger partial charge in [0, 0.05) is 26.0 Å². The Morgan fingerprint density at radius 1 is 1.10 bits per heavy atom. The van der Waals surface area contributed by atoms with Crippen molar-refractivity contribution in [2.24, 2.45) is 0 Å². The van der Waals surface area contributed by atoms with Crippen LogP contribution < -0.4 is 4.74 Å². The molecule has 21 heavy (non-hydrogen) atoms. The van der Waals surface area contributed by atoms with Gasteiger partial charge in [-0.05, 0) is 17.7 Å². The van der Waals surface area contributed by atoms with Crippen molar-refractivity contribution in [1.82, 2.24) is 0 Å². The molecule has 0 unspecified atom stereocenters. The fraction of sp³-hybridized carbons (Fsp3) is 0.571. The second kappa shape index (κ2) is 9.12. The molecule has 0 fully saturated rings. The maximum Gasteiger partial charge on any atom is 0.419 e. The Hall–Kier alpha value is -0.980. The second-order valence-electron chi connectivity index (χ2n) is 4.27. The number of rotatable bonds is 9. The smallest absolute Gasteiger partial charge is 0.419 e. The van der Waals surface area contributed by atoms with Crippen LogP contribution in [0.25, 0.3) is 0 Å². The molecule has 0 saturated carbocycles. The quantitative estimate of drug-likeness (QED) is 0.509. The van der Waals surface area contributed by atoms with Gasteiger partial charge in [0.25, 0.3) is 0 Å². The first-order chi connectivity index (χ1) is 9.99. The summed E-state index contributed by atoms with van der Waals surface area (Å²) < 4.78 is 54.0. The van der Waals surface area contributed by atoms with Gasteiger partial charge in [-0.2, -0.15) is 13.2 Å². The van der Waals surface area contributed by atoms with E-state index in [2.05, 4.69) is 0 Å². The van der Waals surface area contributed by atoms with Crippen LogP contribution in [0.15, 0.2) is 18.2 Å². The van der Waals surface area contributed by atoms with Gasteiger partial charge in [0.15, 0.2) is 0 Å². The maximum absolute atomic E-state index is 12.9. The first-order valence-corrected chi connectivity index (χ1v) is 6.98. The fourth-order valence-electron chi connectivity index (χ4n) is 1.60. The summed E-state index contributed by atoms with van der Waals surface area (Å²) in [5.41, 5.74) is -0.403. The van der Waals surface area contributed by atoms with Crippen LogP contribution in [-0.2, 0) is 21.5 Å². The van der Waals surface area contributed by atoms with E-state index in [9.17, 15) is 13.2 Å². The predicted molar refractivity (Wildman–Crippen MR) is 73.8 cm³/mol. The van der Waals surface area contributed by atoms with Gasteiger partial charge in [0.1, 0.15) is 5.75 Å². The van der Waals surface area contributed by atoms with Gasteiger partial charge >= 0.3 is 6.18 Å². The molecule has 0 atom stereocenters. The van der Waals surface area contributed by atoms with Crippen molar-refractivity contribution in [2.75, 3.05) is 33.5 Å². The largest absolute Gasteiger partial charge is 0.493 e. The minimum Gasteiger partial charge on any atom is -0.493 e. The zero-order valence-electron chi connectivity index (χ0n) is 11.7. The molecule has 0 aliphatic rings. The van der Waals surface area contributed by atoms with E-state index in [0.29, 0.717) is 31.8 Å². The summed E-state index contributed by atoms with van der Waals surface area (Å²) in [7, 11) is 1.57. The number of methoxy groups -OCH3 is 1. The number of hydrogen-bond donors (Lipinski definition) is 0. The molecule has 1 rings (SSSR count). The number of ether oxygens (including phenoxy) is 3. The van der Waals surface area contributed by atoms with E-state index in [4.69, 9.17) is 25.8 Å². The molecule has 0 bridgehead atoms. The van der Waals surface area contributed by atoms with Crippen molar-refractivity contribution >= 4 is 11.6 Å². The molecule has 0 aromatic heterocycles. The first kappa shape index (κ1) is 18.1. The van der Waals surface area contributed by atoms with Crippen LogP contribution in [-0.4, -0.2) is 33.5 Å². The molecule has 0 spiro atoms. The lowest BCUT2D eigenvalue weighted by atomic mass is 10.1. The third kappa shape index (κ3) is 6.54. The lowest BCUT2D eigenvalue weighted by Gasteiger charge is -2.15. The van der Waals surface area contributed by atoms with Gasteiger partial charge in [-0.15, -0.1) is 11.6 Å². The lowest BCUT2D eigenvalue weighted by molar-refractivity contribution is -0.139. The monoisotopic (exact) mass is 326 g/mol. The molecule has 0 radical (unpaired) electrons. The highest BCUT2D eigenvalue weighted by Crippen LogP contribution is 2.37. The molecule has 0 aliphatic heterocycles. The van der Waals surface area contributed by atoms with Crippen LogP contribution in [0.3, 0.4) is 0 Å². The minimum atomic E-state index is -4.47. The highest BCUT2D eigenvalue weighted by Gasteiger charge is 2.34. The molecule has 120 valence electrons.